The smallest absolute Gasteiger partial charge is 0.223 e. The molecular formula is C18H20N4O. The normalized spacial score (nSPS) is 12.3. The molecule has 0 saturated carbocycles. The lowest BCUT2D eigenvalue weighted by Crippen LogP contribution is -2.23. The first-order chi connectivity index (χ1) is 11.0. The second-order valence-corrected chi connectivity index (χ2v) is 4.54. The first kappa shape index (κ1) is 17.9. The van der Waals surface area contributed by atoms with E-state index in [1.807, 2.05) is 6.92 Å². The second-order valence-electron chi connectivity index (χ2n) is 4.54. The van der Waals surface area contributed by atoms with E-state index in [-0.39, 0.29) is 0 Å². The van der Waals surface area contributed by atoms with E-state index < -0.39 is 0 Å². The van der Waals surface area contributed by atoms with Gasteiger partial charge in [0.15, 0.2) is 0 Å². The highest BCUT2D eigenvalue weighted by molar-refractivity contribution is 6.03. The van der Waals surface area contributed by atoms with Gasteiger partial charge in [-0.25, -0.2) is 9.98 Å². The van der Waals surface area contributed by atoms with Gasteiger partial charge < -0.3 is 10.1 Å². The quantitative estimate of drug-likeness (QED) is 0.375. The second kappa shape index (κ2) is 9.00. The standard InChI is InChI=1S/C18H20N4O/c1-6-16(18(23-5)20-7-2)17(21-13(3)4)22-15-10-8-14(12-19)9-11-15/h6-11H,1,3H2,2,4-5H3,(H,21,22)/b18-16-,20-7?. The molecule has 1 aromatic carbocycles. The van der Waals surface area contributed by atoms with Gasteiger partial charge in [-0.2, -0.15) is 5.26 Å². The Hall–Kier alpha value is -3.13. The zero-order valence-corrected chi connectivity index (χ0v) is 13.6. The monoisotopic (exact) mass is 308 g/mol. The van der Waals surface area contributed by atoms with Crippen molar-refractivity contribution in [3.05, 3.63) is 66.2 Å². The van der Waals surface area contributed by atoms with Gasteiger partial charge in [0.1, 0.15) is 5.84 Å². The Morgan fingerprint density at radius 1 is 1.35 bits per heavy atom. The third kappa shape index (κ3) is 5.29. The number of allylic oxidation sites excluding steroid dienone is 1. The lowest BCUT2D eigenvalue weighted by atomic mass is 10.2. The van der Waals surface area contributed by atoms with E-state index in [1.54, 1.807) is 43.5 Å². The minimum Gasteiger partial charge on any atom is -0.480 e. The van der Waals surface area contributed by atoms with Crippen LogP contribution in [-0.2, 0) is 4.74 Å². The molecule has 0 heterocycles. The summed E-state index contributed by atoms with van der Waals surface area (Å²) in [5.74, 6) is 0.906. The Morgan fingerprint density at radius 2 is 2.00 bits per heavy atom. The van der Waals surface area contributed by atoms with Gasteiger partial charge in [0.2, 0.25) is 5.88 Å². The number of hydrogen-bond acceptors (Lipinski definition) is 4. The summed E-state index contributed by atoms with van der Waals surface area (Å²) in [6.45, 7) is 11.3. The summed E-state index contributed by atoms with van der Waals surface area (Å²) in [5, 5.41) is 11.9. The minimum atomic E-state index is 0.392. The number of nitriles is 1. The molecule has 0 aromatic heterocycles. The topological polar surface area (TPSA) is 69.8 Å². The van der Waals surface area contributed by atoms with Crippen molar-refractivity contribution < 1.29 is 4.74 Å². The first-order valence-electron chi connectivity index (χ1n) is 6.96. The zero-order chi connectivity index (χ0) is 17.2. The van der Waals surface area contributed by atoms with Crippen molar-refractivity contribution in [2.75, 3.05) is 7.11 Å². The Bertz CT molecular complexity index is 704. The van der Waals surface area contributed by atoms with Crippen molar-refractivity contribution in [1.82, 2.24) is 5.32 Å². The molecule has 1 N–H and O–H groups in total. The van der Waals surface area contributed by atoms with Crippen LogP contribution < -0.4 is 5.32 Å². The van der Waals surface area contributed by atoms with Gasteiger partial charge in [-0.1, -0.05) is 19.2 Å². The number of amidine groups is 1. The third-order valence-corrected chi connectivity index (χ3v) is 2.70. The van der Waals surface area contributed by atoms with Gasteiger partial charge in [0.25, 0.3) is 0 Å². The molecule has 0 fully saturated rings. The zero-order valence-electron chi connectivity index (χ0n) is 13.6. The molecular weight excluding hydrogens is 288 g/mol. The first-order valence-corrected chi connectivity index (χ1v) is 6.96. The molecule has 0 saturated heterocycles. The number of benzene rings is 1. The van der Waals surface area contributed by atoms with Gasteiger partial charge >= 0.3 is 0 Å². The molecule has 0 bridgehead atoms. The summed E-state index contributed by atoms with van der Waals surface area (Å²) in [6.07, 6.45) is 3.24. The summed E-state index contributed by atoms with van der Waals surface area (Å²) >= 11 is 0. The van der Waals surface area contributed by atoms with E-state index in [2.05, 4.69) is 34.5 Å². The van der Waals surface area contributed by atoms with E-state index in [9.17, 15) is 0 Å². The van der Waals surface area contributed by atoms with Crippen molar-refractivity contribution in [2.45, 2.75) is 13.8 Å². The van der Waals surface area contributed by atoms with Crippen molar-refractivity contribution in [3.8, 4) is 6.07 Å². The van der Waals surface area contributed by atoms with E-state index in [0.717, 1.165) is 0 Å². The molecule has 23 heavy (non-hydrogen) atoms. The number of ether oxygens (including phenoxy) is 1. The van der Waals surface area contributed by atoms with Crippen LogP contribution in [0.15, 0.2) is 70.6 Å². The maximum absolute atomic E-state index is 8.86. The largest absolute Gasteiger partial charge is 0.480 e. The van der Waals surface area contributed by atoms with Crippen molar-refractivity contribution >= 4 is 17.7 Å². The van der Waals surface area contributed by atoms with Crippen LogP contribution >= 0.6 is 0 Å². The van der Waals surface area contributed by atoms with E-state index >= 15 is 0 Å². The number of rotatable bonds is 6. The Morgan fingerprint density at radius 3 is 2.43 bits per heavy atom. The van der Waals surface area contributed by atoms with Gasteiger partial charge in [-0.05, 0) is 38.1 Å². The number of nitrogens with zero attached hydrogens (tertiary/aromatic N) is 3. The molecule has 118 valence electrons. The molecule has 5 nitrogen and oxygen atoms in total. The fraction of sp³-hybridized carbons (Fsp3) is 0.167. The van der Waals surface area contributed by atoms with Gasteiger partial charge in [-0.15, -0.1) is 0 Å². The van der Waals surface area contributed by atoms with Crippen molar-refractivity contribution in [3.63, 3.8) is 0 Å². The predicted molar refractivity (Wildman–Crippen MR) is 94.6 cm³/mol. The molecule has 0 aliphatic heterocycles. The molecule has 5 heteroatoms. The van der Waals surface area contributed by atoms with Gasteiger partial charge in [-0.3, -0.25) is 0 Å². The van der Waals surface area contributed by atoms with Crippen molar-refractivity contribution in [1.29, 1.82) is 5.26 Å². The summed E-state index contributed by atoms with van der Waals surface area (Å²) in [5.41, 5.74) is 2.58. The predicted octanol–water partition coefficient (Wildman–Crippen LogP) is 3.85. The number of methoxy groups -OCH3 is 1. The lowest BCUT2D eigenvalue weighted by molar-refractivity contribution is 0.287. The molecule has 1 rings (SSSR count). The fourth-order valence-corrected chi connectivity index (χ4v) is 1.73. The van der Waals surface area contributed by atoms with Crippen molar-refractivity contribution in [2.24, 2.45) is 9.98 Å². The highest BCUT2D eigenvalue weighted by Crippen LogP contribution is 2.17. The summed E-state index contributed by atoms with van der Waals surface area (Å²) < 4.78 is 5.30. The highest BCUT2D eigenvalue weighted by atomic mass is 16.5. The van der Waals surface area contributed by atoms with E-state index in [1.165, 1.54) is 7.11 Å². The number of hydrogen-bond donors (Lipinski definition) is 1. The molecule has 0 radical (unpaired) electrons. The maximum atomic E-state index is 8.86. The molecule has 0 aliphatic carbocycles. The Balaban J connectivity index is 3.41. The van der Waals surface area contributed by atoms with Crippen LogP contribution in [-0.4, -0.2) is 19.2 Å². The van der Waals surface area contributed by atoms with Crippen LogP contribution in [0.4, 0.5) is 5.69 Å². The van der Waals surface area contributed by atoms with E-state index in [0.29, 0.717) is 34.2 Å². The Labute approximate surface area is 137 Å². The molecule has 0 atom stereocenters. The maximum Gasteiger partial charge on any atom is 0.223 e. The average molecular weight is 308 g/mol. The van der Waals surface area contributed by atoms with Crippen LogP contribution in [0.5, 0.6) is 0 Å². The third-order valence-electron chi connectivity index (χ3n) is 2.70. The van der Waals surface area contributed by atoms with Crippen LogP contribution in [0.1, 0.15) is 19.4 Å². The van der Waals surface area contributed by atoms with Gasteiger partial charge in [0.05, 0.1) is 30.0 Å². The van der Waals surface area contributed by atoms with Crippen LogP contribution in [0.2, 0.25) is 0 Å². The summed E-state index contributed by atoms with van der Waals surface area (Å²) in [7, 11) is 1.53. The lowest BCUT2D eigenvalue weighted by Gasteiger charge is -2.13. The molecule has 0 aliphatic rings. The average Bonchev–Trinajstić information content (AvgIpc) is 2.54. The molecule has 1 aromatic rings. The van der Waals surface area contributed by atoms with Crippen LogP contribution in [0.3, 0.4) is 0 Å². The summed E-state index contributed by atoms with van der Waals surface area (Å²) in [6, 6.07) is 9.00. The minimum absolute atomic E-state index is 0.392. The van der Waals surface area contributed by atoms with Crippen LogP contribution in [0.25, 0.3) is 0 Å². The molecule has 0 spiro atoms. The highest BCUT2D eigenvalue weighted by Gasteiger charge is 2.11. The number of nitrogens with one attached hydrogen (secondary N) is 1. The summed E-state index contributed by atoms with van der Waals surface area (Å²) in [4.78, 5) is 8.73. The Kier molecular flexibility index (Phi) is 7.02. The van der Waals surface area contributed by atoms with Crippen LogP contribution in [0, 0.1) is 11.3 Å². The van der Waals surface area contributed by atoms with E-state index in [4.69, 9.17) is 10.00 Å². The molecule has 0 amide bonds. The number of aliphatic imine (C=N–C) groups is 2. The molecule has 0 unspecified atom stereocenters. The van der Waals surface area contributed by atoms with Gasteiger partial charge in [0, 0.05) is 11.9 Å². The SMILES string of the molecule is C=C/C(C(=Nc1ccc(C#N)cc1)NC(=C)C)=C(\N=CC)OC. The fourth-order valence-electron chi connectivity index (χ4n) is 1.73.